The highest BCUT2D eigenvalue weighted by molar-refractivity contribution is 9.10. The summed E-state index contributed by atoms with van der Waals surface area (Å²) in [5.74, 6) is -3.20. The standard InChI is InChI=1S/C23H15BrClFN4O3/c24-14-8-9-19-13(10-14)11-20(21(31)28-18-7-2-1-6-17(18)25)30(19)29-23(33)22(32)27-16-5-3-4-15(26)12-16/h1-12H,(H,27,32)(H,28,31)(H,29,33). The summed E-state index contributed by atoms with van der Waals surface area (Å²) in [4.78, 5) is 38.0. The van der Waals surface area contributed by atoms with Crippen molar-refractivity contribution >= 4 is 67.5 Å². The fourth-order valence-electron chi connectivity index (χ4n) is 3.13. The molecule has 4 rings (SSSR count). The van der Waals surface area contributed by atoms with Crippen molar-refractivity contribution in [2.45, 2.75) is 0 Å². The summed E-state index contributed by atoms with van der Waals surface area (Å²) in [5, 5.41) is 5.99. The fourth-order valence-corrected chi connectivity index (χ4v) is 3.69. The first kappa shape index (κ1) is 22.5. The van der Waals surface area contributed by atoms with Crippen LogP contribution in [0.5, 0.6) is 0 Å². The molecule has 0 saturated heterocycles. The zero-order valence-electron chi connectivity index (χ0n) is 16.7. The first-order chi connectivity index (χ1) is 15.8. The molecule has 0 fully saturated rings. The van der Waals surface area contributed by atoms with E-state index in [1.54, 1.807) is 48.5 Å². The van der Waals surface area contributed by atoms with Gasteiger partial charge >= 0.3 is 11.8 Å². The first-order valence-corrected chi connectivity index (χ1v) is 10.7. The van der Waals surface area contributed by atoms with E-state index in [0.717, 1.165) is 10.5 Å². The van der Waals surface area contributed by atoms with Crippen LogP contribution >= 0.6 is 27.5 Å². The predicted molar refractivity (Wildman–Crippen MR) is 128 cm³/mol. The number of rotatable bonds is 4. The highest BCUT2D eigenvalue weighted by Crippen LogP contribution is 2.25. The quantitative estimate of drug-likeness (QED) is 0.319. The van der Waals surface area contributed by atoms with E-state index in [1.807, 2.05) is 0 Å². The van der Waals surface area contributed by atoms with Gasteiger partial charge in [-0.05, 0) is 54.6 Å². The molecule has 3 N–H and O–H groups in total. The van der Waals surface area contributed by atoms with Crippen LogP contribution in [0.4, 0.5) is 15.8 Å². The number of nitrogens with zero attached hydrogens (tertiary/aromatic N) is 1. The number of aromatic nitrogens is 1. The van der Waals surface area contributed by atoms with Crippen molar-refractivity contribution in [1.82, 2.24) is 4.68 Å². The molecule has 0 spiro atoms. The normalized spacial score (nSPS) is 10.6. The SMILES string of the molecule is O=C(Nc1cccc(F)c1)C(=O)Nn1c(C(=O)Nc2ccccc2Cl)cc2cc(Br)ccc21. The molecule has 0 aliphatic heterocycles. The Hall–Kier alpha value is -3.69. The average molecular weight is 530 g/mol. The lowest BCUT2D eigenvalue weighted by molar-refractivity contribution is -0.133. The van der Waals surface area contributed by atoms with Gasteiger partial charge in [-0.1, -0.05) is 45.7 Å². The number of fused-ring (bicyclic) bond motifs is 1. The van der Waals surface area contributed by atoms with Gasteiger partial charge in [0.1, 0.15) is 11.5 Å². The minimum Gasteiger partial charge on any atom is -0.319 e. The van der Waals surface area contributed by atoms with Crippen molar-refractivity contribution in [3.05, 3.63) is 93.8 Å². The smallest absolute Gasteiger partial charge is 0.319 e. The summed E-state index contributed by atoms with van der Waals surface area (Å²) in [6, 6.07) is 18.6. The molecule has 10 heteroatoms. The van der Waals surface area contributed by atoms with Gasteiger partial charge in [0.25, 0.3) is 5.91 Å². The average Bonchev–Trinajstić information content (AvgIpc) is 3.12. The summed E-state index contributed by atoms with van der Waals surface area (Å²) >= 11 is 9.51. The molecule has 1 aromatic heterocycles. The van der Waals surface area contributed by atoms with Crippen molar-refractivity contribution in [1.29, 1.82) is 0 Å². The molecular weight excluding hydrogens is 515 g/mol. The largest absolute Gasteiger partial charge is 0.328 e. The summed E-state index contributed by atoms with van der Waals surface area (Å²) in [5.41, 5.74) is 3.48. The van der Waals surface area contributed by atoms with Crippen LogP contribution in [-0.2, 0) is 9.59 Å². The molecule has 0 unspecified atom stereocenters. The van der Waals surface area contributed by atoms with E-state index in [4.69, 9.17) is 11.6 Å². The number of carbonyl (C=O) groups is 3. The van der Waals surface area contributed by atoms with Gasteiger partial charge in [-0.25, -0.2) is 9.07 Å². The number of nitrogens with one attached hydrogen (secondary N) is 3. The fraction of sp³-hybridized carbons (Fsp3) is 0. The van der Waals surface area contributed by atoms with Gasteiger partial charge in [-0.2, -0.15) is 0 Å². The van der Waals surface area contributed by atoms with Crippen LogP contribution in [0.3, 0.4) is 0 Å². The number of halogens is 3. The molecule has 0 bridgehead atoms. The lowest BCUT2D eigenvalue weighted by Gasteiger charge is -2.13. The summed E-state index contributed by atoms with van der Waals surface area (Å²) in [6.45, 7) is 0. The number of para-hydroxylation sites is 1. The lowest BCUT2D eigenvalue weighted by Crippen LogP contribution is -2.36. The van der Waals surface area contributed by atoms with Crippen LogP contribution in [0.15, 0.2) is 77.3 Å². The maximum absolute atomic E-state index is 13.4. The van der Waals surface area contributed by atoms with Gasteiger partial charge in [0.15, 0.2) is 0 Å². The Labute approximate surface area is 200 Å². The van der Waals surface area contributed by atoms with E-state index in [-0.39, 0.29) is 11.4 Å². The van der Waals surface area contributed by atoms with Crippen LogP contribution in [-0.4, -0.2) is 22.4 Å². The van der Waals surface area contributed by atoms with Gasteiger partial charge in [0.05, 0.1) is 16.2 Å². The molecule has 0 aliphatic carbocycles. The molecule has 0 saturated carbocycles. The third kappa shape index (κ3) is 5.05. The second kappa shape index (κ2) is 9.43. The highest BCUT2D eigenvalue weighted by Gasteiger charge is 2.21. The first-order valence-electron chi connectivity index (χ1n) is 9.56. The number of carbonyl (C=O) groups excluding carboxylic acids is 3. The highest BCUT2D eigenvalue weighted by atomic mass is 79.9. The van der Waals surface area contributed by atoms with E-state index in [1.165, 1.54) is 22.9 Å². The van der Waals surface area contributed by atoms with Gasteiger partial charge in [0.2, 0.25) is 0 Å². The Morgan fingerprint density at radius 2 is 1.67 bits per heavy atom. The number of benzene rings is 3. The van der Waals surface area contributed by atoms with Crippen molar-refractivity contribution < 1.29 is 18.8 Å². The van der Waals surface area contributed by atoms with Crippen molar-refractivity contribution in [2.75, 3.05) is 16.1 Å². The predicted octanol–water partition coefficient (Wildman–Crippen LogP) is 5.16. The van der Waals surface area contributed by atoms with Gasteiger partial charge in [-0.15, -0.1) is 0 Å². The van der Waals surface area contributed by atoms with Crippen LogP contribution in [0.1, 0.15) is 10.5 Å². The molecule has 4 aromatic rings. The third-order valence-corrected chi connectivity index (χ3v) is 5.44. The van der Waals surface area contributed by atoms with Crippen LogP contribution in [0.2, 0.25) is 5.02 Å². The number of anilines is 2. The van der Waals surface area contributed by atoms with Crippen LogP contribution in [0, 0.1) is 5.82 Å². The summed E-state index contributed by atoms with van der Waals surface area (Å²) in [7, 11) is 0. The van der Waals surface area contributed by atoms with Gasteiger partial charge in [-0.3, -0.25) is 19.8 Å². The molecule has 33 heavy (non-hydrogen) atoms. The Kier molecular flexibility index (Phi) is 6.43. The topological polar surface area (TPSA) is 92.2 Å². The molecule has 0 atom stereocenters. The number of hydrogen-bond acceptors (Lipinski definition) is 3. The Morgan fingerprint density at radius 1 is 0.879 bits per heavy atom. The summed E-state index contributed by atoms with van der Waals surface area (Å²) < 4.78 is 15.3. The monoisotopic (exact) mass is 528 g/mol. The summed E-state index contributed by atoms with van der Waals surface area (Å²) in [6.07, 6.45) is 0. The second-order valence-electron chi connectivity index (χ2n) is 6.91. The molecule has 3 aromatic carbocycles. The van der Waals surface area contributed by atoms with Crippen molar-refractivity contribution in [3.8, 4) is 0 Å². The van der Waals surface area contributed by atoms with E-state index < -0.39 is 23.5 Å². The number of hydrogen-bond donors (Lipinski definition) is 3. The minimum atomic E-state index is -1.05. The zero-order chi connectivity index (χ0) is 23.5. The maximum Gasteiger partial charge on any atom is 0.328 e. The molecule has 0 aliphatic rings. The van der Waals surface area contributed by atoms with Crippen LogP contribution < -0.4 is 16.1 Å². The maximum atomic E-state index is 13.4. The molecule has 7 nitrogen and oxygen atoms in total. The van der Waals surface area contributed by atoms with Crippen molar-refractivity contribution in [3.63, 3.8) is 0 Å². The lowest BCUT2D eigenvalue weighted by atomic mass is 10.2. The molecular formula is C23H15BrClFN4O3. The van der Waals surface area contributed by atoms with Gasteiger partial charge in [0, 0.05) is 15.5 Å². The number of amides is 3. The molecule has 166 valence electrons. The van der Waals surface area contributed by atoms with E-state index in [9.17, 15) is 18.8 Å². The molecule has 1 heterocycles. The van der Waals surface area contributed by atoms with Gasteiger partial charge < -0.3 is 10.6 Å². The van der Waals surface area contributed by atoms with E-state index in [0.29, 0.717) is 21.6 Å². The van der Waals surface area contributed by atoms with Crippen molar-refractivity contribution in [2.24, 2.45) is 0 Å². The third-order valence-electron chi connectivity index (χ3n) is 4.62. The zero-order valence-corrected chi connectivity index (χ0v) is 19.1. The molecule has 3 amide bonds. The molecule has 0 radical (unpaired) electrons. The van der Waals surface area contributed by atoms with E-state index in [2.05, 4.69) is 32.0 Å². The Balaban J connectivity index is 1.64. The second-order valence-corrected chi connectivity index (χ2v) is 8.23. The van der Waals surface area contributed by atoms with E-state index >= 15 is 0 Å². The van der Waals surface area contributed by atoms with Crippen LogP contribution in [0.25, 0.3) is 10.9 Å². The minimum absolute atomic E-state index is 0.0647. The Morgan fingerprint density at radius 3 is 2.42 bits per heavy atom. The Bertz CT molecular complexity index is 1410.